The summed E-state index contributed by atoms with van der Waals surface area (Å²) in [7, 11) is 0. The second kappa shape index (κ2) is 3.86. The molecule has 0 heterocycles. The molecular formula is C9H17NO. The standard InChI is InChI=1S/C9H17NO/c1-7(10)6-9(11)8-4-2-3-5-8/h7-8H,2-6,10H2,1H3. The van der Waals surface area contributed by atoms with Crippen LogP contribution in [0.4, 0.5) is 0 Å². The van der Waals surface area contributed by atoms with E-state index in [1.165, 1.54) is 12.8 Å². The van der Waals surface area contributed by atoms with Crippen LogP contribution in [0.3, 0.4) is 0 Å². The van der Waals surface area contributed by atoms with Gasteiger partial charge in [0.25, 0.3) is 0 Å². The van der Waals surface area contributed by atoms with Crippen molar-refractivity contribution in [3.8, 4) is 0 Å². The summed E-state index contributed by atoms with van der Waals surface area (Å²) >= 11 is 0. The van der Waals surface area contributed by atoms with Gasteiger partial charge in [0.15, 0.2) is 0 Å². The largest absolute Gasteiger partial charge is 0.328 e. The first-order valence-electron chi connectivity index (χ1n) is 4.48. The van der Waals surface area contributed by atoms with Gasteiger partial charge in [-0.05, 0) is 19.8 Å². The van der Waals surface area contributed by atoms with Gasteiger partial charge in [0.05, 0.1) is 0 Å². The third-order valence-corrected chi connectivity index (χ3v) is 2.33. The van der Waals surface area contributed by atoms with Crippen LogP contribution in [-0.2, 0) is 4.79 Å². The normalized spacial score (nSPS) is 22.0. The predicted molar refractivity (Wildman–Crippen MR) is 45.2 cm³/mol. The average molecular weight is 155 g/mol. The summed E-state index contributed by atoms with van der Waals surface area (Å²) in [6.45, 7) is 1.90. The lowest BCUT2D eigenvalue weighted by Crippen LogP contribution is -2.23. The quantitative estimate of drug-likeness (QED) is 0.671. The van der Waals surface area contributed by atoms with E-state index in [1.54, 1.807) is 0 Å². The minimum Gasteiger partial charge on any atom is -0.328 e. The molecule has 0 bridgehead atoms. The van der Waals surface area contributed by atoms with Crippen LogP contribution in [0.1, 0.15) is 39.0 Å². The van der Waals surface area contributed by atoms with Gasteiger partial charge in [0, 0.05) is 18.4 Å². The summed E-state index contributed by atoms with van der Waals surface area (Å²) in [5.74, 6) is 0.735. The molecule has 1 saturated carbocycles. The minimum atomic E-state index is 0.0445. The Bertz CT molecular complexity index is 136. The van der Waals surface area contributed by atoms with Gasteiger partial charge < -0.3 is 5.73 Å². The molecule has 2 heteroatoms. The highest BCUT2D eigenvalue weighted by Gasteiger charge is 2.22. The monoisotopic (exact) mass is 155 g/mol. The van der Waals surface area contributed by atoms with Gasteiger partial charge in [0.1, 0.15) is 5.78 Å². The van der Waals surface area contributed by atoms with Crippen molar-refractivity contribution in [3.63, 3.8) is 0 Å². The van der Waals surface area contributed by atoms with Gasteiger partial charge in [-0.25, -0.2) is 0 Å². The van der Waals surface area contributed by atoms with Crippen LogP contribution in [0, 0.1) is 5.92 Å². The molecule has 0 aromatic carbocycles. The van der Waals surface area contributed by atoms with Gasteiger partial charge in [-0.3, -0.25) is 4.79 Å². The summed E-state index contributed by atoms with van der Waals surface area (Å²) < 4.78 is 0. The van der Waals surface area contributed by atoms with Crippen molar-refractivity contribution < 1.29 is 4.79 Å². The molecule has 0 saturated heterocycles. The SMILES string of the molecule is CC(N)CC(=O)C1CCCC1. The molecule has 0 spiro atoms. The first-order valence-corrected chi connectivity index (χ1v) is 4.48. The number of carbonyl (C=O) groups excluding carboxylic acids is 1. The molecule has 11 heavy (non-hydrogen) atoms. The summed E-state index contributed by atoms with van der Waals surface area (Å²) in [6.07, 6.45) is 5.24. The van der Waals surface area contributed by atoms with E-state index >= 15 is 0 Å². The Labute approximate surface area is 68.2 Å². The lowest BCUT2D eigenvalue weighted by Gasteiger charge is -2.09. The van der Waals surface area contributed by atoms with Gasteiger partial charge in [-0.1, -0.05) is 12.8 Å². The number of Topliss-reactive ketones (excluding diaryl/α,β-unsaturated/α-hetero) is 1. The minimum absolute atomic E-state index is 0.0445. The third-order valence-electron chi connectivity index (χ3n) is 2.33. The number of rotatable bonds is 3. The molecule has 2 N–H and O–H groups in total. The molecule has 1 atom stereocenters. The van der Waals surface area contributed by atoms with Crippen molar-refractivity contribution in [3.05, 3.63) is 0 Å². The van der Waals surface area contributed by atoms with E-state index in [0.717, 1.165) is 12.8 Å². The van der Waals surface area contributed by atoms with E-state index in [9.17, 15) is 4.79 Å². The Balaban J connectivity index is 2.28. The molecule has 1 unspecified atom stereocenters. The van der Waals surface area contributed by atoms with Crippen LogP contribution < -0.4 is 5.73 Å². The number of hydrogen-bond donors (Lipinski definition) is 1. The molecule has 1 aliphatic rings. The second-order valence-corrected chi connectivity index (χ2v) is 3.63. The van der Waals surface area contributed by atoms with E-state index in [4.69, 9.17) is 5.73 Å². The lowest BCUT2D eigenvalue weighted by molar-refractivity contribution is -0.122. The maximum absolute atomic E-state index is 11.4. The zero-order chi connectivity index (χ0) is 8.27. The fourth-order valence-electron chi connectivity index (χ4n) is 1.73. The summed E-state index contributed by atoms with van der Waals surface area (Å²) in [6, 6.07) is 0.0445. The second-order valence-electron chi connectivity index (χ2n) is 3.63. The first kappa shape index (κ1) is 8.72. The van der Waals surface area contributed by atoms with Crippen LogP contribution >= 0.6 is 0 Å². The van der Waals surface area contributed by atoms with Gasteiger partial charge in [0.2, 0.25) is 0 Å². The van der Waals surface area contributed by atoms with E-state index in [0.29, 0.717) is 18.1 Å². The Hall–Kier alpha value is -0.370. The molecule has 0 amide bonds. The highest BCUT2D eigenvalue weighted by Crippen LogP contribution is 2.26. The van der Waals surface area contributed by atoms with Crippen LogP contribution in [0.15, 0.2) is 0 Å². The highest BCUT2D eigenvalue weighted by atomic mass is 16.1. The Kier molecular flexibility index (Phi) is 3.06. The van der Waals surface area contributed by atoms with Crippen LogP contribution in [0.2, 0.25) is 0 Å². The number of carbonyl (C=O) groups is 1. The predicted octanol–water partition coefficient (Wildman–Crippen LogP) is 1.48. The molecule has 64 valence electrons. The van der Waals surface area contributed by atoms with E-state index in [1.807, 2.05) is 6.92 Å². The van der Waals surface area contributed by atoms with E-state index < -0.39 is 0 Å². The lowest BCUT2D eigenvalue weighted by atomic mass is 9.98. The van der Waals surface area contributed by atoms with Gasteiger partial charge >= 0.3 is 0 Å². The molecule has 1 rings (SSSR count). The summed E-state index contributed by atoms with van der Waals surface area (Å²) in [5.41, 5.74) is 5.54. The van der Waals surface area contributed by atoms with Crippen LogP contribution in [0.25, 0.3) is 0 Å². The smallest absolute Gasteiger partial charge is 0.137 e. The molecule has 2 nitrogen and oxygen atoms in total. The summed E-state index contributed by atoms with van der Waals surface area (Å²) in [4.78, 5) is 11.4. The zero-order valence-electron chi connectivity index (χ0n) is 7.18. The molecule has 0 aromatic rings. The van der Waals surface area contributed by atoms with Gasteiger partial charge in [-0.15, -0.1) is 0 Å². The van der Waals surface area contributed by atoms with Crippen molar-refractivity contribution >= 4 is 5.78 Å². The van der Waals surface area contributed by atoms with Crippen LogP contribution in [0.5, 0.6) is 0 Å². The zero-order valence-corrected chi connectivity index (χ0v) is 7.18. The number of nitrogens with two attached hydrogens (primary N) is 1. The molecule has 0 aliphatic heterocycles. The van der Waals surface area contributed by atoms with E-state index in [2.05, 4.69) is 0 Å². The fourth-order valence-corrected chi connectivity index (χ4v) is 1.73. The maximum atomic E-state index is 11.4. The van der Waals surface area contributed by atoms with Crippen molar-refractivity contribution in [1.29, 1.82) is 0 Å². The van der Waals surface area contributed by atoms with Crippen molar-refractivity contribution in [2.24, 2.45) is 11.7 Å². The Morgan fingerprint density at radius 3 is 2.55 bits per heavy atom. The highest BCUT2D eigenvalue weighted by molar-refractivity contribution is 5.81. The Morgan fingerprint density at radius 1 is 1.55 bits per heavy atom. The van der Waals surface area contributed by atoms with Crippen molar-refractivity contribution in [2.45, 2.75) is 45.1 Å². The molecular weight excluding hydrogens is 138 g/mol. The fraction of sp³-hybridized carbons (Fsp3) is 0.889. The first-order chi connectivity index (χ1) is 5.20. The van der Waals surface area contributed by atoms with Gasteiger partial charge in [-0.2, -0.15) is 0 Å². The van der Waals surface area contributed by atoms with Crippen molar-refractivity contribution in [1.82, 2.24) is 0 Å². The average Bonchev–Trinajstić information content (AvgIpc) is 2.35. The Morgan fingerprint density at radius 2 is 2.09 bits per heavy atom. The third kappa shape index (κ3) is 2.62. The number of ketones is 1. The molecule has 1 fully saturated rings. The molecule has 1 aliphatic carbocycles. The maximum Gasteiger partial charge on any atom is 0.137 e. The van der Waals surface area contributed by atoms with E-state index in [-0.39, 0.29) is 6.04 Å². The summed E-state index contributed by atoms with van der Waals surface area (Å²) in [5, 5.41) is 0. The molecule has 0 radical (unpaired) electrons. The van der Waals surface area contributed by atoms with Crippen LogP contribution in [-0.4, -0.2) is 11.8 Å². The van der Waals surface area contributed by atoms with Crippen molar-refractivity contribution in [2.75, 3.05) is 0 Å². The topological polar surface area (TPSA) is 43.1 Å². The molecule has 0 aromatic heterocycles. The number of hydrogen-bond acceptors (Lipinski definition) is 2.